The molecular formula is C10H11N3S. The number of nitrogens with zero attached hydrogens (tertiary/aromatic N) is 3. The van der Waals surface area contributed by atoms with Crippen molar-refractivity contribution >= 4 is 11.3 Å². The van der Waals surface area contributed by atoms with Gasteiger partial charge in [-0.05, 0) is 12.5 Å². The minimum Gasteiger partial charge on any atom is -0.238 e. The lowest BCUT2D eigenvalue weighted by Gasteiger charge is -1.91. The van der Waals surface area contributed by atoms with Gasteiger partial charge in [0.05, 0.1) is 5.69 Å². The van der Waals surface area contributed by atoms with Gasteiger partial charge in [-0.1, -0.05) is 13.3 Å². The summed E-state index contributed by atoms with van der Waals surface area (Å²) < 4.78 is 0. The van der Waals surface area contributed by atoms with Crippen LogP contribution in [0.15, 0.2) is 23.8 Å². The van der Waals surface area contributed by atoms with Gasteiger partial charge < -0.3 is 0 Å². The first-order chi connectivity index (χ1) is 6.90. The molecule has 0 bridgehead atoms. The van der Waals surface area contributed by atoms with Gasteiger partial charge in [-0.25, -0.2) is 15.0 Å². The van der Waals surface area contributed by atoms with Crippen molar-refractivity contribution in [3.63, 3.8) is 0 Å². The highest BCUT2D eigenvalue weighted by Crippen LogP contribution is 2.19. The van der Waals surface area contributed by atoms with E-state index in [4.69, 9.17) is 0 Å². The predicted molar refractivity (Wildman–Crippen MR) is 57.1 cm³/mol. The minimum atomic E-state index is 0.722. The quantitative estimate of drug-likeness (QED) is 0.773. The van der Waals surface area contributed by atoms with Crippen molar-refractivity contribution < 1.29 is 0 Å². The van der Waals surface area contributed by atoms with Crippen molar-refractivity contribution in [2.75, 3.05) is 0 Å². The van der Waals surface area contributed by atoms with Crippen LogP contribution >= 0.6 is 11.3 Å². The first kappa shape index (κ1) is 9.27. The first-order valence-electron chi connectivity index (χ1n) is 4.62. The van der Waals surface area contributed by atoms with Crippen molar-refractivity contribution in [3.8, 4) is 10.8 Å². The molecule has 0 unspecified atom stereocenters. The fourth-order valence-corrected chi connectivity index (χ4v) is 1.99. The van der Waals surface area contributed by atoms with Gasteiger partial charge in [0.25, 0.3) is 0 Å². The molecule has 0 amide bonds. The van der Waals surface area contributed by atoms with E-state index in [0.29, 0.717) is 0 Å². The molecule has 0 aliphatic rings. The Labute approximate surface area is 86.9 Å². The smallest absolute Gasteiger partial charge is 0.188 e. The van der Waals surface area contributed by atoms with Gasteiger partial charge in [0.15, 0.2) is 10.8 Å². The summed E-state index contributed by atoms with van der Waals surface area (Å²) in [6.45, 7) is 2.15. The van der Waals surface area contributed by atoms with Crippen LogP contribution in [0.5, 0.6) is 0 Å². The Morgan fingerprint density at radius 1 is 1.29 bits per heavy atom. The number of thiazole rings is 1. The van der Waals surface area contributed by atoms with E-state index >= 15 is 0 Å². The molecule has 0 atom stereocenters. The van der Waals surface area contributed by atoms with Crippen molar-refractivity contribution in [1.29, 1.82) is 0 Å². The van der Waals surface area contributed by atoms with Crippen molar-refractivity contribution in [2.45, 2.75) is 19.8 Å². The van der Waals surface area contributed by atoms with Crippen molar-refractivity contribution in [3.05, 3.63) is 29.5 Å². The molecule has 0 saturated carbocycles. The second kappa shape index (κ2) is 4.28. The van der Waals surface area contributed by atoms with Gasteiger partial charge in [-0.3, -0.25) is 0 Å². The second-order valence-corrected chi connectivity index (χ2v) is 3.82. The molecule has 3 nitrogen and oxygen atoms in total. The summed E-state index contributed by atoms with van der Waals surface area (Å²) in [6, 6.07) is 1.81. The molecule has 72 valence electrons. The molecule has 0 aliphatic carbocycles. The van der Waals surface area contributed by atoms with Crippen LogP contribution in [0.25, 0.3) is 10.8 Å². The summed E-state index contributed by atoms with van der Waals surface area (Å²) in [5.74, 6) is 0.722. The molecule has 0 aliphatic heterocycles. The van der Waals surface area contributed by atoms with Crippen LogP contribution in [0.3, 0.4) is 0 Å². The van der Waals surface area contributed by atoms with E-state index in [-0.39, 0.29) is 0 Å². The fraction of sp³-hybridized carbons (Fsp3) is 0.300. The largest absolute Gasteiger partial charge is 0.238 e. The van der Waals surface area contributed by atoms with Crippen LogP contribution < -0.4 is 0 Å². The summed E-state index contributed by atoms with van der Waals surface area (Å²) in [5.41, 5.74) is 1.14. The average Bonchev–Trinajstić information content (AvgIpc) is 2.68. The van der Waals surface area contributed by atoms with Crippen LogP contribution in [0.4, 0.5) is 0 Å². The lowest BCUT2D eigenvalue weighted by atomic mass is 10.3. The van der Waals surface area contributed by atoms with E-state index in [1.54, 1.807) is 23.7 Å². The lowest BCUT2D eigenvalue weighted by molar-refractivity contribution is 0.892. The zero-order chi connectivity index (χ0) is 9.80. The topological polar surface area (TPSA) is 38.7 Å². The zero-order valence-corrected chi connectivity index (χ0v) is 8.79. The third-order valence-corrected chi connectivity index (χ3v) is 2.70. The lowest BCUT2D eigenvalue weighted by Crippen LogP contribution is -1.87. The Hall–Kier alpha value is -1.29. The van der Waals surface area contributed by atoms with Gasteiger partial charge in [0, 0.05) is 17.8 Å². The molecule has 0 saturated heterocycles. The standard InChI is InChI=1S/C10H11N3S/c1-2-4-8-7-14-10(13-8)9-11-5-3-6-12-9/h3,5-7H,2,4H2,1H3. The summed E-state index contributed by atoms with van der Waals surface area (Å²) >= 11 is 1.61. The highest BCUT2D eigenvalue weighted by molar-refractivity contribution is 7.13. The maximum atomic E-state index is 4.46. The van der Waals surface area contributed by atoms with E-state index in [2.05, 4.69) is 27.3 Å². The molecule has 0 N–H and O–H groups in total. The molecule has 2 rings (SSSR count). The predicted octanol–water partition coefficient (Wildman–Crippen LogP) is 2.55. The molecule has 0 aromatic carbocycles. The number of aryl methyl sites for hydroxylation is 1. The van der Waals surface area contributed by atoms with Crippen LogP contribution in [0.1, 0.15) is 19.0 Å². The number of hydrogen-bond donors (Lipinski definition) is 0. The molecule has 14 heavy (non-hydrogen) atoms. The van der Waals surface area contributed by atoms with E-state index in [0.717, 1.165) is 29.4 Å². The van der Waals surface area contributed by atoms with Crippen LogP contribution in [0.2, 0.25) is 0 Å². The highest BCUT2D eigenvalue weighted by Gasteiger charge is 2.05. The summed E-state index contributed by atoms with van der Waals surface area (Å²) in [4.78, 5) is 12.8. The highest BCUT2D eigenvalue weighted by atomic mass is 32.1. The number of rotatable bonds is 3. The third kappa shape index (κ3) is 1.96. The number of aromatic nitrogens is 3. The first-order valence-corrected chi connectivity index (χ1v) is 5.50. The summed E-state index contributed by atoms with van der Waals surface area (Å²) in [6.07, 6.45) is 5.63. The van der Waals surface area contributed by atoms with E-state index in [9.17, 15) is 0 Å². The van der Waals surface area contributed by atoms with Gasteiger partial charge in [-0.15, -0.1) is 11.3 Å². The molecular weight excluding hydrogens is 194 g/mol. The van der Waals surface area contributed by atoms with E-state index in [1.165, 1.54) is 0 Å². The fourth-order valence-electron chi connectivity index (χ4n) is 1.19. The molecule has 0 radical (unpaired) electrons. The Morgan fingerprint density at radius 2 is 2.07 bits per heavy atom. The molecule has 2 heterocycles. The van der Waals surface area contributed by atoms with Crippen molar-refractivity contribution in [2.24, 2.45) is 0 Å². The minimum absolute atomic E-state index is 0.722. The number of hydrogen-bond acceptors (Lipinski definition) is 4. The summed E-state index contributed by atoms with van der Waals surface area (Å²) in [5, 5.41) is 2.99. The second-order valence-electron chi connectivity index (χ2n) is 2.97. The summed E-state index contributed by atoms with van der Waals surface area (Å²) in [7, 11) is 0. The van der Waals surface area contributed by atoms with Crippen molar-refractivity contribution in [1.82, 2.24) is 15.0 Å². The monoisotopic (exact) mass is 205 g/mol. The van der Waals surface area contributed by atoms with Crippen LogP contribution in [-0.2, 0) is 6.42 Å². The molecule has 0 spiro atoms. The van der Waals surface area contributed by atoms with Gasteiger partial charge >= 0.3 is 0 Å². The Balaban J connectivity index is 2.25. The molecule has 4 heteroatoms. The maximum absolute atomic E-state index is 4.46. The SMILES string of the molecule is CCCc1csc(-c2ncccn2)n1. The van der Waals surface area contributed by atoms with Crippen LogP contribution in [-0.4, -0.2) is 15.0 Å². The Bertz CT molecular complexity index is 397. The van der Waals surface area contributed by atoms with E-state index in [1.807, 2.05) is 6.07 Å². The van der Waals surface area contributed by atoms with Gasteiger partial charge in [-0.2, -0.15) is 0 Å². The zero-order valence-electron chi connectivity index (χ0n) is 7.97. The van der Waals surface area contributed by atoms with Gasteiger partial charge in [0.1, 0.15) is 0 Å². The van der Waals surface area contributed by atoms with Crippen LogP contribution in [0, 0.1) is 0 Å². The van der Waals surface area contributed by atoms with E-state index < -0.39 is 0 Å². The maximum Gasteiger partial charge on any atom is 0.188 e. The normalized spacial score (nSPS) is 10.4. The Morgan fingerprint density at radius 3 is 2.79 bits per heavy atom. The average molecular weight is 205 g/mol. The third-order valence-electron chi connectivity index (χ3n) is 1.81. The molecule has 2 aromatic heterocycles. The Kier molecular flexibility index (Phi) is 2.84. The van der Waals surface area contributed by atoms with Gasteiger partial charge in [0.2, 0.25) is 0 Å². The molecule has 2 aromatic rings. The molecule has 0 fully saturated rings.